The van der Waals surface area contributed by atoms with Gasteiger partial charge in [0.2, 0.25) is 0 Å². The van der Waals surface area contributed by atoms with E-state index < -0.39 is 0 Å². The molecule has 3 aliphatic rings. The van der Waals surface area contributed by atoms with Crippen molar-refractivity contribution in [3.8, 4) is 0 Å². The second-order valence-electron chi connectivity index (χ2n) is 5.25. The van der Waals surface area contributed by atoms with Crippen molar-refractivity contribution in [2.75, 3.05) is 0 Å². The Balaban J connectivity index is 2.01. The second kappa shape index (κ2) is 3.84. The minimum Gasteiger partial charge on any atom is -0.0839 e. The highest BCUT2D eigenvalue weighted by molar-refractivity contribution is 5.83. The van der Waals surface area contributed by atoms with Gasteiger partial charge in [0.1, 0.15) is 0 Å². The van der Waals surface area contributed by atoms with Gasteiger partial charge in [-0.2, -0.15) is 0 Å². The number of hydrogen-bond acceptors (Lipinski definition) is 0. The standard InChI is InChI=1S/C18H16/c1-2-7-13-8-6-12-17-15-10-5-4-9-14(15)16(11-3-1)18(13)17/h1-4,6,8-9,11-12,16H,5,7,10H2. The molecule has 0 bridgehead atoms. The Kier molecular flexibility index (Phi) is 2.16. The molecular weight excluding hydrogens is 216 g/mol. The zero-order chi connectivity index (χ0) is 11.9. The van der Waals surface area contributed by atoms with Crippen molar-refractivity contribution < 1.29 is 0 Å². The van der Waals surface area contributed by atoms with E-state index in [1.807, 2.05) is 0 Å². The molecule has 18 heavy (non-hydrogen) atoms. The average Bonchev–Trinajstić information content (AvgIpc) is 2.70. The molecule has 0 aromatic heterocycles. The fourth-order valence-electron chi connectivity index (χ4n) is 3.49. The summed E-state index contributed by atoms with van der Waals surface area (Å²) in [5.41, 5.74) is 7.70. The van der Waals surface area contributed by atoms with Crippen molar-refractivity contribution >= 4 is 5.57 Å². The monoisotopic (exact) mass is 232 g/mol. The molecule has 0 nitrogen and oxygen atoms in total. The summed E-state index contributed by atoms with van der Waals surface area (Å²) in [6.07, 6.45) is 17.1. The lowest BCUT2D eigenvalue weighted by atomic mass is 9.88. The van der Waals surface area contributed by atoms with E-state index in [1.165, 1.54) is 29.5 Å². The van der Waals surface area contributed by atoms with Crippen LogP contribution in [-0.2, 0) is 6.42 Å². The number of allylic oxidation sites excluding steroid dienone is 8. The Bertz CT molecular complexity index is 623. The quantitative estimate of drug-likeness (QED) is 0.615. The van der Waals surface area contributed by atoms with Gasteiger partial charge < -0.3 is 0 Å². The summed E-state index contributed by atoms with van der Waals surface area (Å²) in [4.78, 5) is 0. The van der Waals surface area contributed by atoms with Gasteiger partial charge in [-0.3, -0.25) is 0 Å². The molecule has 0 amide bonds. The first-order valence-corrected chi connectivity index (χ1v) is 6.80. The summed E-state index contributed by atoms with van der Waals surface area (Å²) in [5, 5.41) is 0. The first-order chi connectivity index (χ1) is 8.95. The van der Waals surface area contributed by atoms with Crippen molar-refractivity contribution in [2.45, 2.75) is 25.2 Å². The molecule has 0 aliphatic heterocycles. The molecule has 0 spiro atoms. The first kappa shape index (κ1) is 10.1. The molecule has 3 aliphatic carbocycles. The van der Waals surface area contributed by atoms with E-state index in [4.69, 9.17) is 0 Å². The fourth-order valence-corrected chi connectivity index (χ4v) is 3.49. The molecule has 4 rings (SSSR count). The molecule has 0 N–H and O–H groups in total. The molecule has 1 aromatic carbocycles. The van der Waals surface area contributed by atoms with Crippen LogP contribution in [-0.4, -0.2) is 0 Å². The minimum absolute atomic E-state index is 0.493. The highest BCUT2D eigenvalue weighted by Crippen LogP contribution is 2.48. The fraction of sp³-hybridized carbons (Fsp3) is 0.222. The normalized spacial score (nSPS) is 23.7. The molecule has 0 saturated carbocycles. The van der Waals surface area contributed by atoms with Gasteiger partial charge in [-0.05, 0) is 47.1 Å². The summed E-state index contributed by atoms with van der Waals surface area (Å²) in [6.45, 7) is 0. The minimum atomic E-state index is 0.493. The molecule has 0 heteroatoms. The summed E-state index contributed by atoms with van der Waals surface area (Å²) >= 11 is 0. The lowest BCUT2D eigenvalue weighted by molar-refractivity contribution is 0.989. The van der Waals surface area contributed by atoms with Crippen molar-refractivity contribution in [2.24, 2.45) is 0 Å². The first-order valence-electron chi connectivity index (χ1n) is 6.80. The maximum atomic E-state index is 2.36. The largest absolute Gasteiger partial charge is 0.0839 e. The van der Waals surface area contributed by atoms with Crippen LogP contribution in [0.25, 0.3) is 5.57 Å². The van der Waals surface area contributed by atoms with Crippen LogP contribution in [0.4, 0.5) is 0 Å². The number of fused-ring (bicyclic) bond motifs is 2. The van der Waals surface area contributed by atoms with Gasteiger partial charge in [-0.15, -0.1) is 0 Å². The van der Waals surface area contributed by atoms with Gasteiger partial charge in [-0.1, -0.05) is 54.7 Å². The zero-order valence-electron chi connectivity index (χ0n) is 10.4. The molecule has 0 fully saturated rings. The van der Waals surface area contributed by atoms with Crippen LogP contribution in [0, 0.1) is 0 Å². The van der Waals surface area contributed by atoms with E-state index in [0.29, 0.717) is 5.92 Å². The molecule has 88 valence electrons. The molecule has 0 saturated heterocycles. The van der Waals surface area contributed by atoms with Crippen molar-refractivity contribution in [1.82, 2.24) is 0 Å². The average molecular weight is 232 g/mol. The third-order valence-electron chi connectivity index (χ3n) is 4.26. The van der Waals surface area contributed by atoms with E-state index in [1.54, 1.807) is 11.1 Å². The van der Waals surface area contributed by atoms with E-state index in [9.17, 15) is 0 Å². The molecule has 1 atom stereocenters. The lowest BCUT2D eigenvalue weighted by Gasteiger charge is -2.15. The van der Waals surface area contributed by atoms with Gasteiger partial charge in [0.05, 0.1) is 0 Å². The Labute approximate surface area is 108 Å². The van der Waals surface area contributed by atoms with E-state index in [0.717, 1.165) is 6.42 Å². The van der Waals surface area contributed by atoms with E-state index in [-0.39, 0.29) is 0 Å². The van der Waals surface area contributed by atoms with Crippen LogP contribution in [0.15, 0.2) is 60.2 Å². The zero-order valence-corrected chi connectivity index (χ0v) is 10.4. The Morgan fingerprint density at radius 3 is 3.06 bits per heavy atom. The van der Waals surface area contributed by atoms with Crippen LogP contribution in [0.2, 0.25) is 0 Å². The van der Waals surface area contributed by atoms with Gasteiger partial charge >= 0.3 is 0 Å². The van der Waals surface area contributed by atoms with Gasteiger partial charge in [0.15, 0.2) is 0 Å². The molecule has 0 radical (unpaired) electrons. The highest BCUT2D eigenvalue weighted by atomic mass is 14.3. The predicted octanol–water partition coefficient (Wildman–Crippen LogP) is 4.56. The third-order valence-corrected chi connectivity index (χ3v) is 4.26. The topological polar surface area (TPSA) is 0 Å². The lowest BCUT2D eigenvalue weighted by Crippen LogP contribution is -2.00. The summed E-state index contributed by atoms with van der Waals surface area (Å²) in [5.74, 6) is 0.493. The van der Waals surface area contributed by atoms with Crippen molar-refractivity contribution in [3.63, 3.8) is 0 Å². The number of hydrogen-bond donors (Lipinski definition) is 0. The van der Waals surface area contributed by atoms with Gasteiger partial charge in [0, 0.05) is 5.92 Å². The van der Waals surface area contributed by atoms with Crippen LogP contribution < -0.4 is 0 Å². The number of rotatable bonds is 0. The Hall–Kier alpha value is -1.82. The smallest absolute Gasteiger partial charge is 0.0284 e. The van der Waals surface area contributed by atoms with Crippen LogP contribution in [0.3, 0.4) is 0 Å². The highest BCUT2D eigenvalue weighted by Gasteiger charge is 2.30. The van der Waals surface area contributed by atoms with E-state index in [2.05, 4.69) is 54.7 Å². The van der Waals surface area contributed by atoms with Gasteiger partial charge in [0.25, 0.3) is 0 Å². The van der Waals surface area contributed by atoms with Crippen molar-refractivity contribution in [3.05, 3.63) is 76.9 Å². The second-order valence-corrected chi connectivity index (χ2v) is 5.25. The van der Waals surface area contributed by atoms with Crippen LogP contribution in [0.1, 0.15) is 35.4 Å². The third kappa shape index (κ3) is 1.32. The molecule has 1 unspecified atom stereocenters. The molecule has 1 aromatic rings. The Morgan fingerprint density at radius 2 is 2.06 bits per heavy atom. The predicted molar refractivity (Wildman–Crippen MR) is 76.5 cm³/mol. The molecular formula is C18H16. The van der Waals surface area contributed by atoms with Crippen molar-refractivity contribution in [1.29, 1.82) is 0 Å². The summed E-state index contributed by atoms with van der Waals surface area (Å²) < 4.78 is 0. The van der Waals surface area contributed by atoms with Crippen LogP contribution in [0.5, 0.6) is 0 Å². The summed E-state index contributed by atoms with van der Waals surface area (Å²) in [6, 6.07) is 6.82. The maximum absolute atomic E-state index is 2.36. The SMILES string of the molecule is C1=CCc2cccc3c2C(C=C1)C1=C3CCC=C1. The molecule has 0 heterocycles. The number of benzene rings is 1. The van der Waals surface area contributed by atoms with E-state index >= 15 is 0 Å². The van der Waals surface area contributed by atoms with Crippen LogP contribution >= 0.6 is 0 Å². The Morgan fingerprint density at radius 1 is 1.06 bits per heavy atom. The maximum Gasteiger partial charge on any atom is 0.0284 e. The van der Waals surface area contributed by atoms with Gasteiger partial charge in [-0.25, -0.2) is 0 Å². The summed E-state index contributed by atoms with van der Waals surface area (Å²) in [7, 11) is 0.